The third-order valence-corrected chi connectivity index (χ3v) is 7.37. The van der Waals surface area contributed by atoms with E-state index in [0.717, 1.165) is 49.5 Å². The van der Waals surface area contributed by atoms with E-state index in [1.807, 2.05) is 0 Å². The van der Waals surface area contributed by atoms with Crippen LogP contribution in [0.15, 0.2) is 36.9 Å². The van der Waals surface area contributed by atoms with Crippen molar-refractivity contribution in [2.24, 2.45) is 23.7 Å². The zero-order valence-electron chi connectivity index (χ0n) is 20.1. The van der Waals surface area contributed by atoms with Gasteiger partial charge in [-0.25, -0.2) is 4.79 Å². The third kappa shape index (κ3) is 8.21. The molecule has 0 N–H and O–H groups in total. The molecule has 1 aromatic carbocycles. The monoisotopic (exact) mass is 456 g/mol. The minimum atomic E-state index is -0.427. The molecule has 0 aliphatic heterocycles. The lowest BCUT2D eigenvalue weighted by Gasteiger charge is -2.37. The van der Waals surface area contributed by atoms with Crippen LogP contribution < -0.4 is 9.47 Å². The molecule has 5 nitrogen and oxygen atoms in total. The maximum atomic E-state index is 12.7. The molecule has 0 spiro atoms. The highest BCUT2D eigenvalue weighted by molar-refractivity contribution is 5.81. The normalized spacial score (nSPS) is 25.1. The predicted octanol–water partition coefficient (Wildman–Crippen LogP) is 6.50. The van der Waals surface area contributed by atoms with Gasteiger partial charge >= 0.3 is 11.9 Å². The predicted molar refractivity (Wildman–Crippen MR) is 129 cm³/mol. The molecule has 0 heterocycles. The standard InChI is InChI=1S/C28H40O5/c1-3-6-21-7-9-22(10-8-21)23-11-13-24(14-12-23)28(30)33-26-17-15-25(16-18-26)31-19-5-20-32-27(29)4-2/h4,15-18,21-24H,2-3,5-14,19-20H2,1H3. The lowest BCUT2D eigenvalue weighted by molar-refractivity contribution is -0.140. The third-order valence-electron chi connectivity index (χ3n) is 7.37. The number of hydrogen-bond donors (Lipinski definition) is 0. The fourth-order valence-electron chi connectivity index (χ4n) is 5.47. The van der Waals surface area contributed by atoms with Crippen LogP contribution in [0.25, 0.3) is 0 Å². The summed E-state index contributed by atoms with van der Waals surface area (Å²) in [5.74, 6) is 3.37. The number of rotatable bonds is 11. The number of benzene rings is 1. The molecule has 1 aromatic rings. The van der Waals surface area contributed by atoms with E-state index >= 15 is 0 Å². The molecule has 0 bridgehead atoms. The number of ether oxygens (including phenoxy) is 3. The van der Waals surface area contributed by atoms with Gasteiger partial charge in [-0.15, -0.1) is 0 Å². The highest BCUT2D eigenvalue weighted by Gasteiger charge is 2.33. The molecular formula is C28H40O5. The minimum Gasteiger partial charge on any atom is -0.493 e. The maximum Gasteiger partial charge on any atom is 0.330 e. The molecule has 2 saturated carbocycles. The van der Waals surface area contributed by atoms with Gasteiger partial charge in [-0.05, 0) is 80.5 Å². The molecule has 0 unspecified atom stereocenters. The molecular weight excluding hydrogens is 416 g/mol. The van der Waals surface area contributed by atoms with Crippen LogP contribution in [0.5, 0.6) is 11.5 Å². The van der Waals surface area contributed by atoms with Crippen LogP contribution >= 0.6 is 0 Å². The van der Waals surface area contributed by atoms with Crippen LogP contribution in [0.4, 0.5) is 0 Å². The first-order valence-electron chi connectivity index (χ1n) is 12.8. The number of carbonyl (C=O) groups excluding carboxylic acids is 2. The second-order valence-corrected chi connectivity index (χ2v) is 9.65. The molecule has 5 heteroatoms. The van der Waals surface area contributed by atoms with E-state index in [1.54, 1.807) is 24.3 Å². The van der Waals surface area contributed by atoms with Crippen molar-refractivity contribution in [3.05, 3.63) is 36.9 Å². The van der Waals surface area contributed by atoms with Crippen LogP contribution in [0.1, 0.15) is 77.6 Å². The Bertz CT molecular complexity index is 740. The van der Waals surface area contributed by atoms with Crippen molar-refractivity contribution in [2.45, 2.75) is 77.6 Å². The Morgan fingerprint density at radius 2 is 1.52 bits per heavy atom. The van der Waals surface area contributed by atoms with Crippen molar-refractivity contribution in [3.8, 4) is 11.5 Å². The minimum absolute atomic E-state index is 0.0203. The van der Waals surface area contributed by atoms with Gasteiger partial charge in [-0.2, -0.15) is 0 Å². The van der Waals surface area contributed by atoms with Crippen LogP contribution in [0.2, 0.25) is 0 Å². The Morgan fingerprint density at radius 3 is 2.12 bits per heavy atom. The Labute approximate surface area is 198 Å². The molecule has 0 atom stereocenters. The van der Waals surface area contributed by atoms with E-state index in [1.165, 1.54) is 38.5 Å². The summed E-state index contributed by atoms with van der Waals surface area (Å²) in [5.41, 5.74) is 0. The zero-order chi connectivity index (χ0) is 23.5. The lowest BCUT2D eigenvalue weighted by Crippen LogP contribution is -2.30. The van der Waals surface area contributed by atoms with E-state index < -0.39 is 5.97 Å². The zero-order valence-corrected chi connectivity index (χ0v) is 20.1. The largest absolute Gasteiger partial charge is 0.493 e. The van der Waals surface area contributed by atoms with Gasteiger partial charge in [0.2, 0.25) is 0 Å². The van der Waals surface area contributed by atoms with Crippen molar-refractivity contribution in [3.63, 3.8) is 0 Å². The van der Waals surface area contributed by atoms with E-state index in [0.29, 0.717) is 31.1 Å². The summed E-state index contributed by atoms with van der Waals surface area (Å²) < 4.78 is 16.2. The SMILES string of the molecule is C=CC(=O)OCCCOc1ccc(OC(=O)C2CCC(C3CCC(CCC)CC3)CC2)cc1. The summed E-state index contributed by atoms with van der Waals surface area (Å²) in [6.07, 6.45) is 14.3. The fourth-order valence-corrected chi connectivity index (χ4v) is 5.47. The summed E-state index contributed by atoms with van der Waals surface area (Å²) >= 11 is 0. The van der Waals surface area contributed by atoms with Gasteiger partial charge in [0.05, 0.1) is 19.1 Å². The molecule has 2 fully saturated rings. The number of hydrogen-bond acceptors (Lipinski definition) is 5. The highest BCUT2D eigenvalue weighted by Crippen LogP contribution is 2.42. The first kappa shape index (κ1) is 25.3. The molecule has 0 saturated heterocycles. The van der Waals surface area contributed by atoms with E-state index in [9.17, 15) is 9.59 Å². The van der Waals surface area contributed by atoms with Gasteiger partial charge in [0.1, 0.15) is 11.5 Å². The Morgan fingerprint density at radius 1 is 0.909 bits per heavy atom. The van der Waals surface area contributed by atoms with Crippen LogP contribution in [-0.4, -0.2) is 25.2 Å². The van der Waals surface area contributed by atoms with Crippen molar-refractivity contribution < 1.29 is 23.8 Å². The summed E-state index contributed by atoms with van der Waals surface area (Å²) in [7, 11) is 0. The van der Waals surface area contributed by atoms with Gasteiger partial charge in [0.25, 0.3) is 0 Å². The first-order chi connectivity index (χ1) is 16.1. The van der Waals surface area contributed by atoms with E-state index in [4.69, 9.17) is 14.2 Å². The second-order valence-electron chi connectivity index (χ2n) is 9.65. The van der Waals surface area contributed by atoms with Gasteiger partial charge < -0.3 is 14.2 Å². The molecule has 3 rings (SSSR count). The average Bonchev–Trinajstić information content (AvgIpc) is 2.85. The van der Waals surface area contributed by atoms with Gasteiger partial charge in [-0.3, -0.25) is 4.79 Å². The molecule has 0 amide bonds. The van der Waals surface area contributed by atoms with Crippen LogP contribution in [0.3, 0.4) is 0 Å². The molecule has 0 radical (unpaired) electrons. The van der Waals surface area contributed by atoms with Crippen LogP contribution in [0, 0.1) is 23.7 Å². The first-order valence-corrected chi connectivity index (χ1v) is 12.8. The fraction of sp³-hybridized carbons (Fsp3) is 0.643. The second kappa shape index (κ2) is 13.4. The van der Waals surface area contributed by atoms with E-state index in [-0.39, 0.29) is 11.9 Å². The molecule has 2 aliphatic rings. The van der Waals surface area contributed by atoms with Gasteiger partial charge in [-0.1, -0.05) is 39.2 Å². The summed E-state index contributed by atoms with van der Waals surface area (Å²) in [6.45, 7) is 6.38. The Balaban J connectivity index is 1.33. The highest BCUT2D eigenvalue weighted by atomic mass is 16.5. The number of carbonyl (C=O) groups is 2. The average molecular weight is 457 g/mol. The molecule has 33 heavy (non-hydrogen) atoms. The molecule has 0 aromatic heterocycles. The maximum absolute atomic E-state index is 12.7. The van der Waals surface area contributed by atoms with Crippen LogP contribution in [-0.2, 0) is 14.3 Å². The summed E-state index contributed by atoms with van der Waals surface area (Å²) in [4.78, 5) is 23.7. The van der Waals surface area contributed by atoms with Gasteiger partial charge in [0, 0.05) is 12.5 Å². The van der Waals surface area contributed by atoms with Crippen molar-refractivity contribution in [1.82, 2.24) is 0 Å². The lowest BCUT2D eigenvalue weighted by atomic mass is 9.69. The Hall–Kier alpha value is -2.30. The topological polar surface area (TPSA) is 61.8 Å². The van der Waals surface area contributed by atoms with Crippen molar-refractivity contribution >= 4 is 11.9 Å². The Kier molecular flexibility index (Phi) is 10.3. The summed E-state index contributed by atoms with van der Waals surface area (Å²) in [5, 5.41) is 0. The quantitative estimate of drug-likeness (QED) is 0.165. The van der Waals surface area contributed by atoms with E-state index in [2.05, 4.69) is 13.5 Å². The smallest absolute Gasteiger partial charge is 0.330 e. The van der Waals surface area contributed by atoms with Crippen molar-refractivity contribution in [2.75, 3.05) is 13.2 Å². The van der Waals surface area contributed by atoms with Gasteiger partial charge in [0.15, 0.2) is 0 Å². The molecule has 182 valence electrons. The number of esters is 2. The molecule has 2 aliphatic carbocycles. The van der Waals surface area contributed by atoms with Crippen molar-refractivity contribution in [1.29, 1.82) is 0 Å². The summed E-state index contributed by atoms with van der Waals surface area (Å²) in [6, 6.07) is 7.13.